The Hall–Kier alpha value is -2.14. The van der Waals surface area contributed by atoms with Crippen LogP contribution in [0.25, 0.3) is 0 Å². The molecule has 0 aliphatic carbocycles. The van der Waals surface area contributed by atoms with Crippen molar-refractivity contribution < 1.29 is 0 Å². The second-order valence-corrected chi connectivity index (χ2v) is 5.19. The number of hydrogen-bond donors (Lipinski definition) is 2. The van der Waals surface area contributed by atoms with Crippen LogP contribution in [0.15, 0.2) is 30.6 Å². The van der Waals surface area contributed by atoms with Crippen molar-refractivity contribution >= 4 is 11.5 Å². The first-order chi connectivity index (χ1) is 9.76. The molecule has 0 atom stereocenters. The van der Waals surface area contributed by atoms with Crippen LogP contribution in [0.4, 0.5) is 11.5 Å². The fraction of sp³-hybridized carbons (Fsp3) is 0.333. The zero-order chi connectivity index (χ0) is 13.9. The number of aryl methyl sites for hydroxylation is 2. The normalized spacial score (nSPS) is 14.0. The largest absolute Gasteiger partial charge is 0.365 e. The predicted octanol–water partition coefficient (Wildman–Crippen LogP) is 2.02. The molecule has 0 fully saturated rings. The fourth-order valence-electron chi connectivity index (χ4n) is 2.67. The second kappa shape index (κ2) is 5.46. The summed E-state index contributed by atoms with van der Waals surface area (Å²) in [5.74, 6) is 5.89. The molecule has 0 saturated carbocycles. The Morgan fingerprint density at radius 1 is 1.30 bits per heavy atom. The summed E-state index contributed by atoms with van der Waals surface area (Å²) < 4.78 is 0. The minimum atomic E-state index is 0.586. The summed E-state index contributed by atoms with van der Waals surface area (Å²) in [5, 5.41) is 0. The lowest BCUT2D eigenvalue weighted by molar-refractivity contribution is 0.682. The number of rotatable bonds is 3. The first-order valence-electron chi connectivity index (χ1n) is 6.88. The number of hydrazine groups is 1. The van der Waals surface area contributed by atoms with E-state index >= 15 is 0 Å². The molecular formula is C15H19N5. The third-order valence-electron chi connectivity index (χ3n) is 3.66. The van der Waals surface area contributed by atoms with Gasteiger partial charge >= 0.3 is 0 Å². The first kappa shape index (κ1) is 12.9. The molecular weight excluding hydrogens is 250 g/mol. The molecule has 1 aromatic carbocycles. The molecule has 0 unspecified atom stereocenters. The number of nitrogens with one attached hydrogen (secondary N) is 1. The van der Waals surface area contributed by atoms with E-state index in [4.69, 9.17) is 5.84 Å². The number of fused-ring (bicyclic) bond motifs is 1. The van der Waals surface area contributed by atoms with Crippen molar-refractivity contribution in [2.45, 2.75) is 26.3 Å². The molecule has 0 radical (unpaired) electrons. The van der Waals surface area contributed by atoms with Gasteiger partial charge in [-0.05, 0) is 31.4 Å². The third-order valence-corrected chi connectivity index (χ3v) is 3.66. The summed E-state index contributed by atoms with van der Waals surface area (Å²) in [6.45, 7) is 3.99. The van der Waals surface area contributed by atoms with Gasteiger partial charge in [0.15, 0.2) is 5.82 Å². The number of aromatic nitrogens is 2. The Balaban J connectivity index is 1.81. The molecule has 20 heavy (non-hydrogen) atoms. The maximum Gasteiger partial charge on any atom is 0.158 e. The summed E-state index contributed by atoms with van der Waals surface area (Å²) >= 11 is 0. The molecule has 0 amide bonds. The van der Waals surface area contributed by atoms with Crippen LogP contribution < -0.4 is 16.2 Å². The Morgan fingerprint density at radius 2 is 2.20 bits per heavy atom. The molecule has 1 aliphatic rings. The van der Waals surface area contributed by atoms with Crippen molar-refractivity contribution in [3.8, 4) is 0 Å². The van der Waals surface area contributed by atoms with E-state index in [1.807, 2.05) is 0 Å². The average molecular weight is 269 g/mol. The van der Waals surface area contributed by atoms with Gasteiger partial charge in [-0.15, -0.1) is 0 Å². The van der Waals surface area contributed by atoms with Gasteiger partial charge in [-0.3, -0.25) is 4.98 Å². The topological polar surface area (TPSA) is 67.1 Å². The fourth-order valence-corrected chi connectivity index (χ4v) is 2.67. The van der Waals surface area contributed by atoms with Crippen LogP contribution >= 0.6 is 0 Å². The Labute approximate surface area is 118 Å². The van der Waals surface area contributed by atoms with Gasteiger partial charge in [-0.2, -0.15) is 0 Å². The molecule has 0 spiro atoms. The highest BCUT2D eigenvalue weighted by Gasteiger charge is 2.17. The number of anilines is 2. The van der Waals surface area contributed by atoms with E-state index in [0.717, 1.165) is 25.2 Å². The van der Waals surface area contributed by atoms with Crippen LogP contribution in [-0.4, -0.2) is 16.5 Å². The molecule has 1 aliphatic heterocycles. The van der Waals surface area contributed by atoms with Crippen LogP contribution in [0.3, 0.4) is 0 Å². The highest BCUT2D eigenvalue weighted by molar-refractivity contribution is 5.56. The quantitative estimate of drug-likeness (QED) is 0.659. The molecule has 1 aromatic heterocycles. The molecule has 0 saturated heterocycles. The molecule has 3 N–H and O–H groups in total. The van der Waals surface area contributed by atoms with Crippen molar-refractivity contribution in [3.05, 3.63) is 47.4 Å². The van der Waals surface area contributed by atoms with Crippen molar-refractivity contribution in [2.75, 3.05) is 16.9 Å². The lowest BCUT2D eigenvalue weighted by atomic mass is 9.99. The molecule has 2 heterocycles. The highest BCUT2D eigenvalue weighted by atomic mass is 15.3. The van der Waals surface area contributed by atoms with Gasteiger partial charge in [-0.25, -0.2) is 10.8 Å². The lowest BCUT2D eigenvalue weighted by Crippen LogP contribution is -2.29. The minimum absolute atomic E-state index is 0.586. The van der Waals surface area contributed by atoms with Crippen molar-refractivity contribution in [3.63, 3.8) is 0 Å². The number of benzene rings is 1. The SMILES string of the molecule is Cc1ccc2c(c1)CCCN2Cc1cnc(NN)cn1. The zero-order valence-electron chi connectivity index (χ0n) is 11.6. The van der Waals surface area contributed by atoms with Crippen LogP contribution in [0.2, 0.25) is 0 Å². The first-order valence-corrected chi connectivity index (χ1v) is 6.88. The van der Waals surface area contributed by atoms with Crippen LogP contribution in [0.5, 0.6) is 0 Å². The summed E-state index contributed by atoms with van der Waals surface area (Å²) in [4.78, 5) is 11.0. The predicted molar refractivity (Wildman–Crippen MR) is 80.4 cm³/mol. The van der Waals surface area contributed by atoms with E-state index < -0.39 is 0 Å². The Morgan fingerprint density at radius 3 is 2.95 bits per heavy atom. The van der Waals surface area contributed by atoms with Crippen molar-refractivity contribution in [1.29, 1.82) is 0 Å². The van der Waals surface area contributed by atoms with Gasteiger partial charge in [0.2, 0.25) is 0 Å². The smallest absolute Gasteiger partial charge is 0.158 e. The second-order valence-electron chi connectivity index (χ2n) is 5.19. The van der Waals surface area contributed by atoms with Gasteiger partial charge in [0.25, 0.3) is 0 Å². The Kier molecular flexibility index (Phi) is 3.52. The van der Waals surface area contributed by atoms with Crippen LogP contribution in [0.1, 0.15) is 23.2 Å². The van der Waals surface area contributed by atoms with E-state index in [1.165, 1.54) is 23.2 Å². The maximum atomic E-state index is 5.30. The molecule has 5 nitrogen and oxygen atoms in total. The average Bonchev–Trinajstić information content (AvgIpc) is 2.48. The van der Waals surface area contributed by atoms with E-state index in [9.17, 15) is 0 Å². The van der Waals surface area contributed by atoms with Crippen LogP contribution in [0, 0.1) is 6.92 Å². The molecule has 3 rings (SSSR count). The molecule has 104 valence electrons. The molecule has 0 bridgehead atoms. The zero-order valence-corrected chi connectivity index (χ0v) is 11.6. The van der Waals surface area contributed by atoms with E-state index in [1.54, 1.807) is 12.4 Å². The number of hydrogen-bond acceptors (Lipinski definition) is 5. The molecule has 2 aromatic rings. The summed E-state index contributed by atoms with van der Waals surface area (Å²) in [6, 6.07) is 6.67. The monoisotopic (exact) mass is 269 g/mol. The van der Waals surface area contributed by atoms with Crippen molar-refractivity contribution in [1.82, 2.24) is 9.97 Å². The standard InChI is InChI=1S/C15H19N5/c1-11-4-5-14-12(7-11)3-2-6-20(14)10-13-8-18-15(19-16)9-17-13/h4-5,7-9H,2-3,6,10,16H2,1H3,(H,18,19). The third kappa shape index (κ3) is 2.58. The van der Waals surface area contributed by atoms with Gasteiger partial charge in [-0.1, -0.05) is 17.7 Å². The van der Waals surface area contributed by atoms with Crippen LogP contribution in [-0.2, 0) is 13.0 Å². The molecule has 5 heteroatoms. The number of nitrogens with two attached hydrogens (primary N) is 1. The maximum absolute atomic E-state index is 5.30. The van der Waals surface area contributed by atoms with Gasteiger partial charge in [0.1, 0.15) is 0 Å². The van der Waals surface area contributed by atoms with E-state index in [-0.39, 0.29) is 0 Å². The summed E-state index contributed by atoms with van der Waals surface area (Å²) in [6.07, 6.45) is 5.79. The van der Waals surface area contributed by atoms with Gasteiger partial charge < -0.3 is 10.3 Å². The van der Waals surface area contributed by atoms with Crippen molar-refractivity contribution in [2.24, 2.45) is 5.84 Å². The summed E-state index contributed by atoms with van der Waals surface area (Å²) in [7, 11) is 0. The lowest BCUT2D eigenvalue weighted by Gasteiger charge is -2.31. The van der Waals surface area contributed by atoms with E-state index in [0.29, 0.717) is 5.82 Å². The Bertz CT molecular complexity index is 594. The number of nitrogens with zero attached hydrogens (tertiary/aromatic N) is 3. The minimum Gasteiger partial charge on any atom is -0.365 e. The highest BCUT2D eigenvalue weighted by Crippen LogP contribution is 2.28. The summed E-state index contributed by atoms with van der Waals surface area (Å²) in [5.41, 5.74) is 7.53. The van der Waals surface area contributed by atoms with E-state index in [2.05, 4.69) is 45.4 Å². The van der Waals surface area contributed by atoms with Gasteiger partial charge in [0, 0.05) is 12.2 Å². The number of nitrogen functional groups attached to an aromatic ring is 1. The van der Waals surface area contributed by atoms with Gasteiger partial charge in [0.05, 0.1) is 24.6 Å².